The number of nitrogens with zero attached hydrogens (tertiary/aromatic N) is 4. The summed E-state index contributed by atoms with van der Waals surface area (Å²) in [5.41, 5.74) is 0.922. The van der Waals surface area contributed by atoms with Crippen molar-refractivity contribution in [2.45, 2.75) is 86.1 Å². The lowest BCUT2D eigenvalue weighted by Crippen LogP contribution is -2.43. The van der Waals surface area contributed by atoms with Gasteiger partial charge < -0.3 is 9.64 Å². The number of carbonyl (C=O) groups excluding carboxylic acids is 2. The molecule has 0 radical (unpaired) electrons. The minimum Gasteiger partial charge on any atom is -0.466 e. The highest BCUT2D eigenvalue weighted by molar-refractivity contribution is 8.26. The number of esters is 1. The molecule has 0 aromatic carbocycles. The maximum atomic E-state index is 13.6. The Balaban J connectivity index is 2.11. The molecule has 0 bridgehead atoms. The molecule has 1 aromatic rings. The highest BCUT2D eigenvalue weighted by Crippen LogP contribution is 2.37. The number of pyridine rings is 1. The molecule has 2 aliphatic rings. The van der Waals surface area contributed by atoms with Gasteiger partial charge in [0.2, 0.25) is 0 Å². The first-order valence-corrected chi connectivity index (χ1v) is 15.8. The number of piperidine rings is 1. The van der Waals surface area contributed by atoms with Gasteiger partial charge in [-0.25, -0.2) is 0 Å². The number of amides is 1. The number of hydrogen-bond donors (Lipinski definition) is 0. The van der Waals surface area contributed by atoms with E-state index in [9.17, 15) is 19.6 Å². The van der Waals surface area contributed by atoms with E-state index in [2.05, 4.69) is 24.8 Å². The van der Waals surface area contributed by atoms with Gasteiger partial charge in [-0.2, -0.15) is 5.26 Å². The van der Waals surface area contributed by atoms with Crippen LogP contribution in [0, 0.1) is 30.1 Å². The summed E-state index contributed by atoms with van der Waals surface area (Å²) in [6, 6.07) is 2.10. The first-order chi connectivity index (χ1) is 19.2. The quantitative estimate of drug-likeness (QED) is 0.177. The second kappa shape index (κ2) is 14.8. The standard InChI is InChI=1S/C30H42N4O4S2/c1-6-10-12-21(8-3)18-34-28(36)25(40-30(34)39)16-23-20(5)24(17-31)27(35)33(14-7-2)26(23)32-15-11-13-22(19-32)29(37)38-9-4/h16,21-22H,6-15,18-19H2,1-5H3. The van der Waals surface area contributed by atoms with Gasteiger partial charge in [-0.05, 0) is 57.1 Å². The molecule has 8 nitrogen and oxygen atoms in total. The zero-order chi connectivity index (χ0) is 29.4. The number of hydrogen-bond acceptors (Lipinski definition) is 8. The molecule has 10 heteroatoms. The van der Waals surface area contributed by atoms with Crippen LogP contribution < -0.4 is 10.5 Å². The topological polar surface area (TPSA) is 95.6 Å². The van der Waals surface area contributed by atoms with Gasteiger partial charge in [-0.1, -0.05) is 64.0 Å². The fourth-order valence-electron chi connectivity index (χ4n) is 5.50. The molecule has 2 saturated heterocycles. The molecule has 1 amide bonds. The molecule has 3 heterocycles. The van der Waals surface area contributed by atoms with Crippen LogP contribution in [0.1, 0.15) is 89.3 Å². The van der Waals surface area contributed by atoms with Gasteiger partial charge >= 0.3 is 5.97 Å². The third-order valence-corrected chi connectivity index (χ3v) is 9.15. The second-order valence-electron chi connectivity index (χ2n) is 10.6. The Morgan fingerprint density at radius 3 is 2.62 bits per heavy atom. The number of thiocarbonyl (C=S) groups is 1. The van der Waals surface area contributed by atoms with Gasteiger partial charge in [-0.15, -0.1) is 0 Å². The Bertz CT molecular complexity index is 1250. The molecule has 0 saturated carbocycles. The summed E-state index contributed by atoms with van der Waals surface area (Å²) in [5.74, 6) is 0.346. The molecule has 218 valence electrons. The van der Waals surface area contributed by atoms with Crippen molar-refractivity contribution in [2.24, 2.45) is 11.8 Å². The maximum absolute atomic E-state index is 13.6. The van der Waals surface area contributed by atoms with E-state index in [1.165, 1.54) is 11.8 Å². The van der Waals surface area contributed by atoms with Crippen LogP contribution in [0.25, 0.3) is 6.08 Å². The molecule has 3 rings (SSSR count). The van der Waals surface area contributed by atoms with Crippen LogP contribution in [-0.2, 0) is 20.9 Å². The number of nitriles is 1. The summed E-state index contributed by atoms with van der Waals surface area (Å²) in [6.07, 6.45) is 8.22. The molecule has 0 aliphatic carbocycles. The van der Waals surface area contributed by atoms with E-state index in [1.807, 2.05) is 6.92 Å². The maximum Gasteiger partial charge on any atom is 0.310 e. The van der Waals surface area contributed by atoms with Crippen LogP contribution in [0.15, 0.2) is 9.70 Å². The number of anilines is 1. The van der Waals surface area contributed by atoms with Crippen molar-refractivity contribution in [3.05, 3.63) is 31.9 Å². The van der Waals surface area contributed by atoms with Gasteiger partial charge in [0.1, 0.15) is 21.8 Å². The SMILES string of the molecule is CCCCC(CC)CN1C(=O)C(=Cc2c(C)c(C#N)c(=O)n(CCC)c2N2CCCC(C(=O)OCC)C2)SC1=S. The molecular formula is C30H42N4O4S2. The third kappa shape index (κ3) is 6.98. The van der Waals surface area contributed by atoms with Crippen LogP contribution >= 0.6 is 24.0 Å². The number of carbonyl (C=O) groups is 2. The van der Waals surface area contributed by atoms with E-state index < -0.39 is 0 Å². The normalized spacial score (nSPS) is 19.3. The second-order valence-corrected chi connectivity index (χ2v) is 12.2. The van der Waals surface area contributed by atoms with E-state index in [-0.39, 0.29) is 28.9 Å². The molecule has 0 spiro atoms. The minimum absolute atomic E-state index is 0.0727. The predicted molar refractivity (Wildman–Crippen MR) is 165 cm³/mol. The van der Waals surface area contributed by atoms with Gasteiger partial charge in [0.25, 0.3) is 11.5 Å². The van der Waals surface area contributed by atoms with E-state index in [0.29, 0.717) is 77.7 Å². The highest BCUT2D eigenvalue weighted by Gasteiger charge is 2.35. The van der Waals surface area contributed by atoms with E-state index in [4.69, 9.17) is 17.0 Å². The van der Waals surface area contributed by atoms with Crippen molar-refractivity contribution in [1.82, 2.24) is 9.47 Å². The summed E-state index contributed by atoms with van der Waals surface area (Å²) in [7, 11) is 0. The van der Waals surface area contributed by atoms with Crippen LogP contribution in [0.3, 0.4) is 0 Å². The smallest absolute Gasteiger partial charge is 0.310 e. The summed E-state index contributed by atoms with van der Waals surface area (Å²) < 4.78 is 7.49. The Morgan fingerprint density at radius 2 is 2.00 bits per heavy atom. The Hall–Kier alpha value is -2.64. The van der Waals surface area contributed by atoms with Crippen LogP contribution in [0.2, 0.25) is 0 Å². The fraction of sp³-hybridized carbons (Fsp3) is 0.633. The van der Waals surface area contributed by atoms with Gasteiger partial charge in [0, 0.05) is 31.7 Å². The number of aromatic nitrogens is 1. The van der Waals surface area contributed by atoms with Crippen molar-refractivity contribution < 1.29 is 14.3 Å². The summed E-state index contributed by atoms with van der Waals surface area (Å²) in [4.78, 5) is 44.0. The summed E-state index contributed by atoms with van der Waals surface area (Å²) in [6.45, 7) is 12.2. The molecule has 0 N–H and O–H groups in total. The first kappa shape index (κ1) is 31.9. The van der Waals surface area contributed by atoms with Crippen molar-refractivity contribution in [3.8, 4) is 6.07 Å². The molecule has 2 aliphatic heterocycles. The third-order valence-electron chi connectivity index (χ3n) is 7.77. The average Bonchev–Trinajstić information content (AvgIpc) is 3.21. The zero-order valence-corrected chi connectivity index (χ0v) is 26.1. The Labute approximate surface area is 247 Å². The molecule has 1 aromatic heterocycles. The van der Waals surface area contributed by atoms with Crippen LogP contribution in [0.5, 0.6) is 0 Å². The molecule has 40 heavy (non-hydrogen) atoms. The minimum atomic E-state index is -0.346. The fourth-order valence-corrected chi connectivity index (χ4v) is 6.76. The van der Waals surface area contributed by atoms with Crippen LogP contribution in [0.4, 0.5) is 5.82 Å². The summed E-state index contributed by atoms with van der Waals surface area (Å²) >= 11 is 6.92. The number of unbranched alkanes of at least 4 members (excludes halogenated alkanes) is 1. The Kier molecular flexibility index (Phi) is 11.8. The first-order valence-electron chi connectivity index (χ1n) is 14.6. The van der Waals surface area contributed by atoms with Gasteiger partial charge in [-0.3, -0.25) is 23.9 Å². The van der Waals surface area contributed by atoms with E-state index >= 15 is 0 Å². The molecular weight excluding hydrogens is 544 g/mol. The largest absolute Gasteiger partial charge is 0.466 e. The zero-order valence-electron chi connectivity index (χ0n) is 24.5. The van der Waals surface area contributed by atoms with E-state index in [0.717, 1.165) is 32.1 Å². The monoisotopic (exact) mass is 586 g/mol. The number of rotatable bonds is 12. The Morgan fingerprint density at radius 1 is 1.25 bits per heavy atom. The van der Waals surface area contributed by atoms with Gasteiger partial charge in [0.05, 0.1) is 17.4 Å². The lowest BCUT2D eigenvalue weighted by atomic mass is 9.96. The molecule has 2 unspecified atom stereocenters. The lowest BCUT2D eigenvalue weighted by molar-refractivity contribution is -0.148. The highest BCUT2D eigenvalue weighted by atomic mass is 32.2. The predicted octanol–water partition coefficient (Wildman–Crippen LogP) is 5.64. The van der Waals surface area contributed by atoms with Crippen molar-refractivity contribution in [3.63, 3.8) is 0 Å². The number of ether oxygens (including phenoxy) is 1. The average molecular weight is 587 g/mol. The van der Waals surface area contributed by atoms with Crippen molar-refractivity contribution >= 4 is 52.1 Å². The van der Waals surface area contributed by atoms with E-state index in [1.54, 1.807) is 29.4 Å². The summed E-state index contributed by atoms with van der Waals surface area (Å²) in [5, 5.41) is 9.93. The van der Waals surface area contributed by atoms with Gasteiger partial charge in [0.15, 0.2) is 0 Å². The van der Waals surface area contributed by atoms with Crippen molar-refractivity contribution in [2.75, 3.05) is 31.1 Å². The van der Waals surface area contributed by atoms with Crippen LogP contribution in [-0.4, -0.2) is 51.9 Å². The molecule has 2 atom stereocenters. The van der Waals surface area contributed by atoms with Crippen molar-refractivity contribution in [1.29, 1.82) is 5.26 Å². The lowest BCUT2D eigenvalue weighted by Gasteiger charge is -2.36. The molecule has 2 fully saturated rings. The number of thioether (sulfide) groups is 1.